The van der Waals surface area contributed by atoms with Crippen molar-refractivity contribution in [3.8, 4) is 5.75 Å². The van der Waals surface area contributed by atoms with Crippen LogP contribution in [0.1, 0.15) is 29.3 Å². The van der Waals surface area contributed by atoms with Gasteiger partial charge in [-0.05, 0) is 43.2 Å². The molecule has 1 atom stereocenters. The van der Waals surface area contributed by atoms with Gasteiger partial charge >= 0.3 is 5.97 Å². The monoisotopic (exact) mass is 361 g/mol. The normalized spacial score (nSPS) is 11.5. The highest BCUT2D eigenvalue weighted by Crippen LogP contribution is 2.23. The molecule has 2 rings (SSSR count). The van der Waals surface area contributed by atoms with E-state index < -0.39 is 12.1 Å². The highest BCUT2D eigenvalue weighted by Gasteiger charge is 2.20. The minimum atomic E-state index is -0.654. The summed E-state index contributed by atoms with van der Waals surface area (Å²) in [7, 11) is 1.27. The van der Waals surface area contributed by atoms with Crippen LogP contribution in [0.5, 0.6) is 5.75 Å². The van der Waals surface area contributed by atoms with Crippen molar-refractivity contribution in [2.45, 2.75) is 26.4 Å². The lowest BCUT2D eigenvalue weighted by atomic mass is 10.1. The van der Waals surface area contributed by atoms with Crippen molar-refractivity contribution < 1.29 is 19.1 Å². The molecule has 132 valence electrons. The standard InChI is InChI=1S/C19H20ClNO4/c1-4-16(25-17-8-6-5-7-12(17)2)18(22)21-13-9-10-15(20)14(11-13)19(23)24-3/h5-11,16H,4H2,1-3H3,(H,21,22)/t16-/m0/s1. The molecule has 0 spiro atoms. The number of benzene rings is 2. The van der Waals surface area contributed by atoms with Crippen LogP contribution in [0, 0.1) is 6.92 Å². The fourth-order valence-electron chi connectivity index (χ4n) is 2.26. The van der Waals surface area contributed by atoms with Gasteiger partial charge in [0.1, 0.15) is 5.75 Å². The summed E-state index contributed by atoms with van der Waals surface area (Å²) in [5.74, 6) is -0.205. The van der Waals surface area contributed by atoms with Crippen molar-refractivity contribution in [3.63, 3.8) is 0 Å². The molecule has 0 saturated carbocycles. The van der Waals surface area contributed by atoms with Gasteiger partial charge in [0, 0.05) is 5.69 Å². The van der Waals surface area contributed by atoms with Gasteiger partial charge in [0.2, 0.25) is 0 Å². The highest BCUT2D eigenvalue weighted by atomic mass is 35.5. The van der Waals surface area contributed by atoms with Gasteiger partial charge in [-0.15, -0.1) is 0 Å². The maximum atomic E-state index is 12.5. The zero-order chi connectivity index (χ0) is 18.4. The van der Waals surface area contributed by atoms with Crippen LogP contribution in [0.25, 0.3) is 0 Å². The molecule has 1 N–H and O–H groups in total. The molecule has 0 aromatic heterocycles. The maximum Gasteiger partial charge on any atom is 0.339 e. The first-order chi connectivity index (χ1) is 12.0. The van der Waals surface area contributed by atoms with E-state index in [1.165, 1.54) is 19.2 Å². The van der Waals surface area contributed by atoms with E-state index in [-0.39, 0.29) is 16.5 Å². The predicted molar refractivity (Wildman–Crippen MR) is 97.3 cm³/mol. The van der Waals surface area contributed by atoms with Crippen LogP contribution in [-0.4, -0.2) is 25.1 Å². The average molecular weight is 362 g/mol. The molecule has 0 radical (unpaired) electrons. The third-order valence-electron chi connectivity index (χ3n) is 3.67. The minimum absolute atomic E-state index is 0.190. The molecule has 2 aromatic rings. The van der Waals surface area contributed by atoms with E-state index in [0.717, 1.165) is 5.56 Å². The summed E-state index contributed by atoms with van der Waals surface area (Å²) in [5.41, 5.74) is 1.59. The number of aryl methyl sites for hydroxylation is 1. The van der Waals surface area contributed by atoms with Crippen molar-refractivity contribution in [3.05, 3.63) is 58.6 Å². The van der Waals surface area contributed by atoms with Gasteiger partial charge < -0.3 is 14.8 Å². The number of hydrogen-bond donors (Lipinski definition) is 1. The highest BCUT2D eigenvalue weighted by molar-refractivity contribution is 6.33. The number of carbonyl (C=O) groups excluding carboxylic acids is 2. The van der Waals surface area contributed by atoms with E-state index in [4.69, 9.17) is 16.3 Å². The summed E-state index contributed by atoms with van der Waals surface area (Å²) >= 11 is 5.98. The summed E-state index contributed by atoms with van der Waals surface area (Å²) in [5, 5.41) is 3.01. The molecule has 2 aromatic carbocycles. The number of rotatable bonds is 6. The second kappa shape index (κ2) is 8.53. The Morgan fingerprint density at radius 3 is 2.56 bits per heavy atom. The largest absolute Gasteiger partial charge is 0.480 e. The number of hydrogen-bond acceptors (Lipinski definition) is 4. The van der Waals surface area contributed by atoms with Crippen LogP contribution >= 0.6 is 11.6 Å². The summed E-state index contributed by atoms with van der Waals surface area (Å²) < 4.78 is 10.5. The Balaban J connectivity index is 2.14. The van der Waals surface area contributed by atoms with E-state index in [1.54, 1.807) is 6.07 Å². The fraction of sp³-hybridized carbons (Fsp3) is 0.263. The topological polar surface area (TPSA) is 64.6 Å². The Morgan fingerprint density at radius 2 is 1.92 bits per heavy atom. The Morgan fingerprint density at radius 1 is 1.20 bits per heavy atom. The Labute approximate surface area is 151 Å². The molecule has 0 aliphatic heterocycles. The van der Waals surface area contributed by atoms with Gasteiger partial charge in [-0.3, -0.25) is 4.79 Å². The maximum absolute atomic E-state index is 12.5. The van der Waals surface area contributed by atoms with Crippen molar-refractivity contribution in [1.29, 1.82) is 0 Å². The number of amides is 1. The number of methoxy groups -OCH3 is 1. The van der Waals surface area contributed by atoms with Gasteiger partial charge in [-0.2, -0.15) is 0 Å². The molecule has 6 heteroatoms. The number of halogens is 1. The van der Waals surface area contributed by atoms with E-state index in [9.17, 15) is 9.59 Å². The van der Waals surface area contributed by atoms with Crippen molar-refractivity contribution in [1.82, 2.24) is 0 Å². The smallest absolute Gasteiger partial charge is 0.339 e. The lowest BCUT2D eigenvalue weighted by Crippen LogP contribution is -2.32. The Hall–Kier alpha value is -2.53. The van der Waals surface area contributed by atoms with Crippen LogP contribution in [-0.2, 0) is 9.53 Å². The van der Waals surface area contributed by atoms with Crippen LogP contribution in [0.2, 0.25) is 5.02 Å². The second-order valence-corrected chi connectivity index (χ2v) is 5.86. The molecule has 1 amide bonds. The second-order valence-electron chi connectivity index (χ2n) is 5.46. The minimum Gasteiger partial charge on any atom is -0.480 e. The first kappa shape index (κ1) is 18.8. The molecule has 0 heterocycles. The SMILES string of the molecule is CC[C@H](Oc1ccccc1C)C(=O)Nc1ccc(Cl)c(C(=O)OC)c1. The summed E-state index contributed by atoms with van der Waals surface area (Å²) in [6.07, 6.45) is -0.157. The molecule has 0 aliphatic rings. The van der Waals surface area contributed by atoms with E-state index in [0.29, 0.717) is 17.9 Å². The lowest BCUT2D eigenvalue weighted by molar-refractivity contribution is -0.122. The third-order valence-corrected chi connectivity index (χ3v) is 3.99. The van der Waals surface area contributed by atoms with E-state index >= 15 is 0 Å². The third kappa shape index (κ3) is 4.73. The first-order valence-corrected chi connectivity index (χ1v) is 8.25. The predicted octanol–water partition coefficient (Wildman–Crippen LogP) is 4.23. The zero-order valence-corrected chi connectivity index (χ0v) is 15.1. The average Bonchev–Trinajstić information content (AvgIpc) is 2.61. The number of ether oxygens (including phenoxy) is 2. The molecule has 0 unspecified atom stereocenters. The van der Waals surface area contributed by atoms with Gasteiger partial charge in [0.15, 0.2) is 6.10 Å². The van der Waals surface area contributed by atoms with Crippen LogP contribution in [0.3, 0.4) is 0 Å². The molecule has 0 saturated heterocycles. The number of para-hydroxylation sites is 1. The Bertz CT molecular complexity index is 776. The summed E-state index contributed by atoms with van der Waals surface area (Å²) in [6, 6.07) is 12.1. The molecule has 25 heavy (non-hydrogen) atoms. The van der Waals surface area contributed by atoms with E-state index in [1.807, 2.05) is 38.1 Å². The van der Waals surface area contributed by atoms with Crippen LogP contribution in [0.4, 0.5) is 5.69 Å². The van der Waals surface area contributed by atoms with Crippen LogP contribution in [0.15, 0.2) is 42.5 Å². The zero-order valence-electron chi connectivity index (χ0n) is 14.3. The number of esters is 1. The molecular weight excluding hydrogens is 342 g/mol. The molecule has 0 fully saturated rings. The van der Waals surface area contributed by atoms with Gasteiger partial charge in [0.05, 0.1) is 17.7 Å². The first-order valence-electron chi connectivity index (χ1n) is 7.87. The number of nitrogens with one attached hydrogen (secondary N) is 1. The van der Waals surface area contributed by atoms with Crippen molar-refractivity contribution in [2.24, 2.45) is 0 Å². The molecular formula is C19H20ClNO4. The van der Waals surface area contributed by atoms with E-state index in [2.05, 4.69) is 10.1 Å². The van der Waals surface area contributed by atoms with Gasteiger partial charge in [-0.25, -0.2) is 4.79 Å². The van der Waals surface area contributed by atoms with Crippen LogP contribution < -0.4 is 10.1 Å². The van der Waals surface area contributed by atoms with Crippen molar-refractivity contribution in [2.75, 3.05) is 12.4 Å². The summed E-state index contributed by atoms with van der Waals surface area (Å²) in [4.78, 5) is 24.2. The number of anilines is 1. The molecule has 0 bridgehead atoms. The Kier molecular flexibility index (Phi) is 6.42. The lowest BCUT2D eigenvalue weighted by Gasteiger charge is -2.19. The van der Waals surface area contributed by atoms with Crippen molar-refractivity contribution >= 4 is 29.2 Å². The molecule has 5 nitrogen and oxygen atoms in total. The number of carbonyl (C=O) groups is 2. The molecule has 0 aliphatic carbocycles. The van der Waals surface area contributed by atoms with Gasteiger partial charge in [-0.1, -0.05) is 36.7 Å². The summed E-state index contributed by atoms with van der Waals surface area (Å²) in [6.45, 7) is 3.78. The fourth-order valence-corrected chi connectivity index (χ4v) is 2.45. The quantitative estimate of drug-likeness (QED) is 0.782. The van der Waals surface area contributed by atoms with Gasteiger partial charge in [0.25, 0.3) is 5.91 Å².